The van der Waals surface area contributed by atoms with Crippen LogP contribution in [0.5, 0.6) is 0 Å². The van der Waals surface area contributed by atoms with Crippen molar-refractivity contribution in [2.45, 2.75) is 115 Å². The molecule has 0 radical (unpaired) electrons. The molecular weight excluding hydrogens is 959 g/mol. The molecule has 0 unspecified atom stereocenters. The lowest BCUT2D eigenvalue weighted by atomic mass is 9.83. The highest BCUT2D eigenvalue weighted by Gasteiger charge is 2.41. The second kappa shape index (κ2) is 27.8. The fraction of sp³-hybridized carbons (Fsp3) is 0.541. The van der Waals surface area contributed by atoms with Gasteiger partial charge in [0.1, 0.15) is 12.1 Å². The lowest BCUT2D eigenvalue weighted by Crippen LogP contribution is -2.61. The number of carbonyl (C=O) groups is 6. The molecule has 4 aromatic rings. The van der Waals surface area contributed by atoms with E-state index in [-0.39, 0.29) is 86.0 Å². The molecule has 2 saturated carbocycles. The number of hydrogen-bond donors (Lipinski definition) is 3. The number of rotatable bonds is 21. The van der Waals surface area contributed by atoms with Gasteiger partial charge in [0.05, 0.1) is 45.1 Å². The van der Waals surface area contributed by atoms with Crippen molar-refractivity contribution >= 4 is 46.2 Å². The molecule has 2 aliphatic carbocycles. The summed E-state index contributed by atoms with van der Waals surface area (Å²) in [5.41, 5.74) is 3.14. The fourth-order valence-electron chi connectivity index (χ4n) is 11.7. The van der Waals surface area contributed by atoms with Crippen molar-refractivity contribution in [3.05, 3.63) is 119 Å². The van der Waals surface area contributed by atoms with Crippen molar-refractivity contribution < 1.29 is 38.2 Å². The van der Waals surface area contributed by atoms with Gasteiger partial charge in [-0.25, -0.2) is 0 Å². The van der Waals surface area contributed by atoms with E-state index >= 15 is 0 Å². The number of carbonyl (C=O) groups excluding carboxylic acids is 6. The first-order valence-corrected chi connectivity index (χ1v) is 28.2. The van der Waals surface area contributed by atoms with Crippen LogP contribution in [-0.4, -0.2) is 158 Å². The first-order valence-electron chi connectivity index (χ1n) is 28.2. The molecule has 408 valence electrons. The summed E-state index contributed by atoms with van der Waals surface area (Å²) in [4.78, 5) is 92.6. The number of fused-ring (bicyclic) bond motifs is 1. The van der Waals surface area contributed by atoms with Gasteiger partial charge in [-0.2, -0.15) is 0 Å². The van der Waals surface area contributed by atoms with E-state index in [1.165, 1.54) is 0 Å². The maximum absolute atomic E-state index is 14.9. The van der Waals surface area contributed by atoms with Crippen LogP contribution in [0.15, 0.2) is 97.1 Å². The summed E-state index contributed by atoms with van der Waals surface area (Å²) < 4.78 is 12.0. The summed E-state index contributed by atoms with van der Waals surface area (Å²) in [5.74, 6) is -1.12. The van der Waals surface area contributed by atoms with Crippen molar-refractivity contribution in [1.29, 1.82) is 0 Å². The third kappa shape index (κ3) is 14.9. The van der Waals surface area contributed by atoms with Crippen LogP contribution in [0.3, 0.4) is 0 Å². The van der Waals surface area contributed by atoms with Gasteiger partial charge in [0, 0.05) is 56.3 Å². The average molecular weight is 1040 g/mol. The van der Waals surface area contributed by atoms with Crippen LogP contribution < -0.4 is 16.0 Å². The van der Waals surface area contributed by atoms with E-state index in [1.54, 1.807) is 7.05 Å². The average Bonchev–Trinajstić information content (AvgIpc) is 3.46. The number of ether oxygens (including phenoxy) is 2. The van der Waals surface area contributed by atoms with E-state index in [0.29, 0.717) is 63.4 Å². The van der Waals surface area contributed by atoms with Crippen LogP contribution >= 0.6 is 0 Å². The molecule has 4 aliphatic rings. The summed E-state index contributed by atoms with van der Waals surface area (Å²) >= 11 is 0. The number of nitrogens with one attached hydrogen (secondary N) is 3. The second-order valence-electron chi connectivity index (χ2n) is 21.8. The zero-order valence-corrected chi connectivity index (χ0v) is 45.1. The minimum Gasteiger partial charge on any atom is -0.377 e. The summed E-state index contributed by atoms with van der Waals surface area (Å²) in [5, 5.41) is 10.7. The third-order valence-corrected chi connectivity index (χ3v) is 16.1. The van der Waals surface area contributed by atoms with Crippen LogP contribution in [0, 0.1) is 17.8 Å². The monoisotopic (exact) mass is 1040 g/mol. The van der Waals surface area contributed by atoms with Gasteiger partial charge in [0.15, 0.2) is 0 Å². The van der Waals surface area contributed by atoms with Gasteiger partial charge in [-0.05, 0) is 104 Å². The molecule has 8 rings (SSSR count). The Balaban J connectivity index is 1.03. The number of benzene rings is 4. The van der Waals surface area contributed by atoms with Crippen molar-refractivity contribution in [2.75, 3.05) is 79.3 Å². The summed E-state index contributed by atoms with van der Waals surface area (Å²) in [6, 6.07) is 29.1. The number of likely N-dealkylation sites (N-methyl/N-ethyl adjacent to an activating group) is 1. The number of morpholine rings is 2. The smallest absolute Gasteiger partial charge is 0.253 e. The number of hydrogen-bond acceptors (Lipinski definition) is 9. The highest BCUT2D eigenvalue weighted by atomic mass is 16.5. The molecule has 2 aliphatic heterocycles. The molecule has 15 heteroatoms. The predicted molar refractivity (Wildman–Crippen MR) is 294 cm³/mol. The molecule has 76 heavy (non-hydrogen) atoms. The Bertz CT molecular complexity index is 2570. The fourth-order valence-corrected chi connectivity index (χ4v) is 11.7. The summed E-state index contributed by atoms with van der Waals surface area (Å²) in [7, 11) is 1.71. The first-order chi connectivity index (χ1) is 37.0. The van der Waals surface area contributed by atoms with Crippen LogP contribution in [0.4, 0.5) is 0 Å². The van der Waals surface area contributed by atoms with Crippen LogP contribution in [0.1, 0.15) is 110 Å². The van der Waals surface area contributed by atoms with Crippen molar-refractivity contribution in [3.63, 3.8) is 0 Å². The summed E-state index contributed by atoms with van der Waals surface area (Å²) in [6.45, 7) is 7.11. The van der Waals surface area contributed by atoms with Gasteiger partial charge in [0.25, 0.3) is 11.8 Å². The van der Waals surface area contributed by atoms with Gasteiger partial charge in [-0.15, -0.1) is 0 Å². The van der Waals surface area contributed by atoms with Crippen LogP contribution in [0.25, 0.3) is 10.8 Å². The molecule has 6 amide bonds. The van der Waals surface area contributed by atoms with E-state index < -0.39 is 24.2 Å². The van der Waals surface area contributed by atoms with Gasteiger partial charge in [-0.1, -0.05) is 125 Å². The summed E-state index contributed by atoms with van der Waals surface area (Å²) in [6.07, 6.45) is 11.0. The van der Waals surface area contributed by atoms with Crippen LogP contribution in [0.2, 0.25) is 0 Å². The zero-order chi connectivity index (χ0) is 53.4. The van der Waals surface area contributed by atoms with Gasteiger partial charge < -0.3 is 45.0 Å². The Morgan fingerprint density at radius 3 is 1.43 bits per heavy atom. The normalized spacial score (nSPS) is 19.4. The van der Waals surface area contributed by atoms with Crippen molar-refractivity contribution in [1.82, 2.24) is 35.6 Å². The minimum absolute atomic E-state index is 0.0366. The van der Waals surface area contributed by atoms with Crippen molar-refractivity contribution in [2.24, 2.45) is 17.8 Å². The van der Waals surface area contributed by atoms with Gasteiger partial charge in [-0.3, -0.25) is 28.8 Å². The Kier molecular flexibility index (Phi) is 20.5. The molecule has 15 nitrogen and oxygen atoms in total. The Labute approximate surface area is 449 Å². The van der Waals surface area contributed by atoms with E-state index in [0.717, 1.165) is 86.1 Å². The molecule has 4 fully saturated rings. The predicted octanol–water partition coefficient (Wildman–Crippen LogP) is 6.67. The number of nitrogens with zero attached hydrogens (tertiary/aromatic N) is 4. The largest absolute Gasteiger partial charge is 0.377 e. The molecule has 0 spiro atoms. The topological polar surface area (TPSA) is 170 Å². The second-order valence-corrected chi connectivity index (χ2v) is 21.8. The van der Waals surface area contributed by atoms with Crippen molar-refractivity contribution in [3.8, 4) is 0 Å². The minimum atomic E-state index is -0.655. The molecular formula is C61H81N7O8. The highest BCUT2D eigenvalue weighted by Crippen LogP contribution is 2.31. The molecule has 3 N–H and O–H groups in total. The maximum Gasteiger partial charge on any atom is 0.253 e. The van der Waals surface area contributed by atoms with E-state index in [9.17, 15) is 28.8 Å². The van der Waals surface area contributed by atoms with E-state index in [4.69, 9.17) is 9.47 Å². The van der Waals surface area contributed by atoms with Gasteiger partial charge >= 0.3 is 0 Å². The molecule has 0 bridgehead atoms. The Hall–Kier alpha value is -6.16. The van der Waals surface area contributed by atoms with E-state index in [1.807, 2.05) is 131 Å². The standard InChI is InChI=1S/C61H81N7O8/c1-43(2)57(70)64-56(47-22-14-7-15-23-47)61(74)68-33-35-76-42-53(68)40-66(31-29-45-18-10-5-11-19-45)59(72)51-27-25-48-36-50(26-24-49(48)37-51)58(71)65(30-28-44-16-8-4-9-17-44)39-52-41-75-34-32-67(52)60(73)55(63-54(69)38-62-3)46-20-12-6-13-21-46/h4-5,8-11,16-19,24-27,36-37,43,46-47,52-53,55-56,62H,6-7,12-15,20-23,28-35,38-42H2,1-3H3,(H,63,69)(H,64,70)/t52-,53-,55+,56+/m1/s1. The lowest BCUT2D eigenvalue weighted by molar-refractivity contribution is -0.147. The zero-order valence-electron chi connectivity index (χ0n) is 45.1. The molecule has 0 aromatic heterocycles. The van der Waals surface area contributed by atoms with E-state index in [2.05, 4.69) is 16.0 Å². The molecule has 2 heterocycles. The van der Waals surface area contributed by atoms with Crippen LogP contribution in [-0.2, 0) is 41.5 Å². The number of amides is 6. The SMILES string of the molecule is CNCC(=O)N[C@H](C(=O)N1CCOC[C@H]1CN(CCc1ccccc1)C(=O)c1ccc2cc(C(=O)N(CCc3ccccc3)C[C@@H]3COCCN3C(=O)[C@@H](NC(=O)C(C)C)C3CCCCC3)ccc2c1)C1CCCCC1. The molecule has 2 saturated heterocycles. The third-order valence-electron chi connectivity index (χ3n) is 16.1. The Morgan fingerprint density at radius 2 is 1.01 bits per heavy atom. The quantitative estimate of drug-likeness (QED) is 0.0826. The lowest BCUT2D eigenvalue weighted by Gasteiger charge is -2.42. The van der Waals surface area contributed by atoms with Gasteiger partial charge in [0.2, 0.25) is 23.6 Å². The molecule has 4 aromatic carbocycles. The molecule has 4 atom stereocenters. The highest BCUT2D eigenvalue weighted by molar-refractivity contribution is 6.02. The first kappa shape index (κ1) is 56.1. The Morgan fingerprint density at radius 1 is 0.579 bits per heavy atom. The maximum atomic E-state index is 14.9.